The van der Waals surface area contributed by atoms with Gasteiger partial charge in [0.2, 0.25) is 0 Å². The predicted octanol–water partition coefficient (Wildman–Crippen LogP) is 3.44. The third-order valence-electron chi connectivity index (χ3n) is 7.01. The molecule has 0 spiro atoms. The number of nitrogens with zero attached hydrogens (tertiary/aromatic N) is 4. The van der Waals surface area contributed by atoms with Crippen LogP contribution < -0.4 is 21.5 Å². The average Bonchev–Trinajstić information content (AvgIpc) is 2.90. The molecule has 39 heavy (non-hydrogen) atoms. The van der Waals surface area contributed by atoms with Crippen molar-refractivity contribution in [3.63, 3.8) is 0 Å². The lowest BCUT2D eigenvalue weighted by molar-refractivity contribution is 0.0497. The Kier molecular flexibility index (Phi) is 8.60. The molecule has 0 bridgehead atoms. The summed E-state index contributed by atoms with van der Waals surface area (Å²) in [5, 5.41) is 2.87. The van der Waals surface area contributed by atoms with Crippen molar-refractivity contribution in [3.8, 4) is 0 Å². The molecule has 2 heterocycles. The van der Waals surface area contributed by atoms with Gasteiger partial charge in [0.05, 0.1) is 12.6 Å². The van der Waals surface area contributed by atoms with Crippen LogP contribution in [0.5, 0.6) is 0 Å². The lowest BCUT2D eigenvalue weighted by atomic mass is 10.1. The smallest absolute Gasteiger partial charge is 0.408 e. The van der Waals surface area contributed by atoms with Crippen molar-refractivity contribution in [1.82, 2.24) is 19.4 Å². The Morgan fingerprint density at radius 2 is 1.54 bits per heavy atom. The number of aromatic nitrogens is 2. The van der Waals surface area contributed by atoms with E-state index in [4.69, 9.17) is 4.74 Å². The van der Waals surface area contributed by atoms with Crippen LogP contribution in [0.2, 0.25) is 0 Å². The predicted molar refractivity (Wildman–Crippen MR) is 153 cm³/mol. The summed E-state index contributed by atoms with van der Waals surface area (Å²) in [4.78, 5) is 44.3. The van der Waals surface area contributed by atoms with Gasteiger partial charge in [-0.25, -0.2) is 9.59 Å². The SMILES string of the molecule is Cc1c(N2CCN(Cc3ccccc3)CC2)c(=O)n(C[C@H](NC(=O)OC(C)(C)C)c2ccccc2)c(=O)n1C. The number of carbonyl (C=O) groups excluding carboxylic acids is 1. The van der Waals surface area contributed by atoms with E-state index in [0.29, 0.717) is 24.5 Å². The standard InChI is InChI=1S/C30H39N5O4/c1-22-26(34-18-16-33(17-19-34)20-23-12-8-6-9-13-23)27(36)35(29(38)32(22)5)21-25(24-14-10-7-11-15-24)31-28(37)39-30(2,3)4/h6-15,25H,16-21H2,1-5H3,(H,31,37)/t25-/m0/s1. The number of alkyl carbamates (subject to hydrolysis) is 1. The molecule has 208 valence electrons. The Morgan fingerprint density at radius 1 is 0.949 bits per heavy atom. The third kappa shape index (κ3) is 6.97. The number of hydrogen-bond donors (Lipinski definition) is 1. The molecule has 1 atom stereocenters. The van der Waals surface area contributed by atoms with Crippen LogP contribution in [0.3, 0.4) is 0 Å². The summed E-state index contributed by atoms with van der Waals surface area (Å²) in [6.07, 6.45) is -0.608. The highest BCUT2D eigenvalue weighted by atomic mass is 16.6. The van der Waals surface area contributed by atoms with Gasteiger partial charge in [-0.05, 0) is 38.8 Å². The molecular weight excluding hydrogens is 494 g/mol. The zero-order chi connectivity index (χ0) is 28.2. The number of rotatable bonds is 7. The fourth-order valence-corrected chi connectivity index (χ4v) is 4.90. The maximum Gasteiger partial charge on any atom is 0.408 e. The monoisotopic (exact) mass is 533 g/mol. The molecule has 1 fully saturated rings. The van der Waals surface area contributed by atoms with Gasteiger partial charge in [0.15, 0.2) is 0 Å². The van der Waals surface area contributed by atoms with E-state index >= 15 is 0 Å². The maximum atomic E-state index is 13.9. The van der Waals surface area contributed by atoms with Crippen molar-refractivity contribution in [2.45, 2.75) is 52.4 Å². The maximum absolute atomic E-state index is 13.9. The first kappa shape index (κ1) is 28.2. The van der Waals surface area contributed by atoms with Gasteiger partial charge in [-0.2, -0.15) is 0 Å². The van der Waals surface area contributed by atoms with E-state index in [1.54, 1.807) is 27.8 Å². The second-order valence-corrected chi connectivity index (χ2v) is 11.0. The van der Waals surface area contributed by atoms with Crippen LogP contribution in [0.4, 0.5) is 10.5 Å². The molecule has 1 aliphatic rings. The highest BCUT2D eigenvalue weighted by Crippen LogP contribution is 2.19. The molecule has 1 saturated heterocycles. The van der Waals surface area contributed by atoms with Gasteiger partial charge in [0.1, 0.15) is 11.3 Å². The Labute approximate surface area is 229 Å². The van der Waals surface area contributed by atoms with Crippen molar-refractivity contribution in [3.05, 3.63) is 98.3 Å². The van der Waals surface area contributed by atoms with Gasteiger partial charge in [0.25, 0.3) is 5.56 Å². The molecular formula is C30H39N5O4. The summed E-state index contributed by atoms with van der Waals surface area (Å²) in [5.74, 6) is 0. The Hall–Kier alpha value is -3.85. The molecule has 0 unspecified atom stereocenters. The van der Waals surface area contributed by atoms with Gasteiger partial charge in [-0.3, -0.25) is 18.8 Å². The van der Waals surface area contributed by atoms with Crippen molar-refractivity contribution >= 4 is 11.8 Å². The molecule has 9 nitrogen and oxygen atoms in total. The van der Waals surface area contributed by atoms with Crippen LogP contribution in [0, 0.1) is 6.92 Å². The van der Waals surface area contributed by atoms with Crippen molar-refractivity contribution < 1.29 is 9.53 Å². The van der Waals surface area contributed by atoms with Gasteiger partial charge < -0.3 is 15.0 Å². The summed E-state index contributed by atoms with van der Waals surface area (Å²) in [6, 6.07) is 19.0. The summed E-state index contributed by atoms with van der Waals surface area (Å²) < 4.78 is 8.21. The van der Waals surface area contributed by atoms with Gasteiger partial charge in [-0.1, -0.05) is 60.7 Å². The Bertz CT molecular complexity index is 1390. The minimum Gasteiger partial charge on any atom is -0.444 e. The fourth-order valence-electron chi connectivity index (χ4n) is 4.90. The number of ether oxygens (including phenoxy) is 1. The van der Waals surface area contributed by atoms with E-state index in [9.17, 15) is 14.4 Å². The van der Waals surface area contributed by atoms with E-state index in [1.165, 1.54) is 14.7 Å². The Morgan fingerprint density at radius 3 is 2.13 bits per heavy atom. The topological polar surface area (TPSA) is 88.8 Å². The molecule has 1 amide bonds. The first-order valence-electron chi connectivity index (χ1n) is 13.4. The lowest BCUT2D eigenvalue weighted by Gasteiger charge is -2.36. The molecule has 4 rings (SSSR count). The number of anilines is 1. The van der Waals surface area contributed by atoms with Crippen molar-refractivity contribution in [2.24, 2.45) is 7.05 Å². The molecule has 1 aliphatic heterocycles. The molecule has 3 aromatic rings. The normalized spacial score (nSPS) is 15.2. The quantitative estimate of drug-likeness (QED) is 0.501. The summed E-state index contributed by atoms with van der Waals surface area (Å²) in [6.45, 7) is 11.0. The first-order chi connectivity index (χ1) is 18.5. The molecule has 1 N–H and O–H groups in total. The van der Waals surface area contributed by atoms with Crippen LogP contribution in [-0.4, -0.2) is 51.9 Å². The summed E-state index contributed by atoms with van der Waals surface area (Å²) >= 11 is 0. The highest BCUT2D eigenvalue weighted by molar-refractivity contribution is 5.68. The summed E-state index contributed by atoms with van der Waals surface area (Å²) in [7, 11) is 1.68. The van der Waals surface area contributed by atoms with Gasteiger partial charge in [-0.15, -0.1) is 0 Å². The van der Waals surface area contributed by atoms with Crippen molar-refractivity contribution in [1.29, 1.82) is 0 Å². The molecule has 9 heteroatoms. The highest BCUT2D eigenvalue weighted by Gasteiger charge is 2.27. The third-order valence-corrected chi connectivity index (χ3v) is 7.01. The van der Waals surface area contributed by atoms with E-state index in [2.05, 4.69) is 27.2 Å². The minimum atomic E-state index is -0.683. The zero-order valence-electron chi connectivity index (χ0n) is 23.5. The van der Waals surface area contributed by atoms with Gasteiger partial charge >= 0.3 is 11.8 Å². The molecule has 0 aliphatic carbocycles. The largest absolute Gasteiger partial charge is 0.444 e. The fraction of sp³-hybridized carbons (Fsp3) is 0.433. The minimum absolute atomic E-state index is 0.0178. The molecule has 0 saturated carbocycles. The Balaban J connectivity index is 1.60. The van der Waals surface area contributed by atoms with Crippen LogP contribution >= 0.6 is 0 Å². The van der Waals surface area contributed by atoms with Crippen LogP contribution in [0.25, 0.3) is 0 Å². The van der Waals surface area contributed by atoms with Crippen LogP contribution in [0.1, 0.15) is 43.6 Å². The average molecular weight is 534 g/mol. The molecule has 1 aromatic heterocycles. The number of piperazine rings is 1. The lowest BCUT2D eigenvalue weighted by Crippen LogP contribution is -2.51. The second-order valence-electron chi connectivity index (χ2n) is 11.0. The van der Waals surface area contributed by atoms with Gasteiger partial charge in [0, 0.05) is 45.5 Å². The second kappa shape index (κ2) is 11.9. The number of nitrogens with one attached hydrogen (secondary N) is 1. The molecule has 0 radical (unpaired) electrons. The number of benzene rings is 2. The summed E-state index contributed by atoms with van der Waals surface area (Å²) in [5.41, 5.74) is 1.74. The van der Waals surface area contributed by atoms with E-state index < -0.39 is 23.4 Å². The van der Waals surface area contributed by atoms with E-state index in [-0.39, 0.29) is 12.1 Å². The molecule has 2 aromatic carbocycles. The van der Waals surface area contributed by atoms with E-state index in [1.807, 2.05) is 55.5 Å². The van der Waals surface area contributed by atoms with Crippen LogP contribution in [-0.2, 0) is 24.9 Å². The number of carbonyl (C=O) groups is 1. The first-order valence-corrected chi connectivity index (χ1v) is 13.4. The van der Waals surface area contributed by atoms with E-state index in [0.717, 1.165) is 25.2 Å². The van der Waals surface area contributed by atoms with Crippen molar-refractivity contribution in [2.75, 3.05) is 31.1 Å². The number of hydrogen-bond acceptors (Lipinski definition) is 6. The van der Waals surface area contributed by atoms with Crippen LogP contribution in [0.15, 0.2) is 70.3 Å². The zero-order valence-corrected chi connectivity index (χ0v) is 23.5. The number of amides is 1.